The van der Waals surface area contributed by atoms with Crippen LogP contribution < -0.4 is 9.64 Å². The lowest BCUT2D eigenvalue weighted by Gasteiger charge is -2.29. The van der Waals surface area contributed by atoms with Crippen LogP contribution in [0, 0.1) is 6.92 Å². The number of benzene rings is 2. The van der Waals surface area contributed by atoms with Gasteiger partial charge in [-0.05, 0) is 62.6 Å². The summed E-state index contributed by atoms with van der Waals surface area (Å²) in [5.41, 5.74) is 3.41. The third kappa shape index (κ3) is 3.91. The molecule has 26 heavy (non-hydrogen) atoms. The maximum absolute atomic E-state index is 13.0. The van der Waals surface area contributed by atoms with Gasteiger partial charge in [-0.3, -0.25) is 9.69 Å². The Labute approximate surface area is 156 Å². The largest absolute Gasteiger partial charge is 0.497 e. The van der Waals surface area contributed by atoms with Crippen molar-refractivity contribution in [2.45, 2.75) is 32.7 Å². The van der Waals surface area contributed by atoms with E-state index in [4.69, 9.17) is 4.74 Å². The zero-order valence-electron chi connectivity index (χ0n) is 15.9. The van der Waals surface area contributed by atoms with Crippen LogP contribution in [0.1, 0.15) is 36.9 Å². The Morgan fingerprint density at radius 1 is 1.19 bits per heavy atom. The van der Waals surface area contributed by atoms with Crippen LogP contribution in [0.2, 0.25) is 0 Å². The van der Waals surface area contributed by atoms with Gasteiger partial charge in [0.2, 0.25) is 5.91 Å². The lowest BCUT2D eigenvalue weighted by molar-refractivity contribution is -0.119. The quantitative estimate of drug-likeness (QED) is 0.781. The highest BCUT2D eigenvalue weighted by Gasteiger charge is 2.29. The monoisotopic (exact) mass is 352 g/mol. The van der Waals surface area contributed by atoms with Crippen molar-refractivity contribution in [2.75, 3.05) is 31.6 Å². The number of carbonyl (C=O) groups is 1. The van der Waals surface area contributed by atoms with Gasteiger partial charge in [0.25, 0.3) is 0 Å². The lowest BCUT2D eigenvalue weighted by atomic mass is 10.0. The second-order valence-electron chi connectivity index (χ2n) is 6.83. The van der Waals surface area contributed by atoms with Crippen LogP contribution in [-0.4, -0.2) is 37.6 Å². The van der Waals surface area contributed by atoms with Crippen LogP contribution in [0.25, 0.3) is 0 Å². The number of aryl methyl sites for hydroxylation is 1. The first-order valence-corrected chi connectivity index (χ1v) is 9.38. The summed E-state index contributed by atoms with van der Waals surface area (Å²) >= 11 is 0. The highest BCUT2D eigenvalue weighted by molar-refractivity contribution is 5.95. The van der Waals surface area contributed by atoms with Gasteiger partial charge >= 0.3 is 0 Å². The van der Waals surface area contributed by atoms with Gasteiger partial charge in [0.15, 0.2) is 0 Å². The fourth-order valence-corrected chi connectivity index (χ4v) is 3.83. The van der Waals surface area contributed by atoms with Gasteiger partial charge in [-0.1, -0.05) is 30.3 Å². The maximum Gasteiger partial charge on any atom is 0.241 e. The minimum Gasteiger partial charge on any atom is -0.497 e. The van der Waals surface area contributed by atoms with Crippen molar-refractivity contribution in [1.29, 1.82) is 0 Å². The normalized spacial score (nSPS) is 17.3. The molecule has 0 aliphatic carbocycles. The summed E-state index contributed by atoms with van der Waals surface area (Å²) in [6, 6.07) is 16.6. The molecule has 1 heterocycles. The number of rotatable bonds is 6. The zero-order valence-corrected chi connectivity index (χ0v) is 15.9. The summed E-state index contributed by atoms with van der Waals surface area (Å²) in [6.45, 7) is 6.20. The molecule has 0 saturated carbocycles. The molecule has 1 saturated heterocycles. The third-order valence-electron chi connectivity index (χ3n) is 5.23. The summed E-state index contributed by atoms with van der Waals surface area (Å²) in [6.07, 6.45) is 2.22. The molecule has 0 spiro atoms. The number of nitrogens with zero attached hydrogens (tertiary/aromatic N) is 2. The molecule has 3 rings (SSSR count). The van der Waals surface area contributed by atoms with Crippen molar-refractivity contribution in [1.82, 2.24) is 4.90 Å². The first-order chi connectivity index (χ1) is 12.6. The fourth-order valence-electron chi connectivity index (χ4n) is 3.83. The molecule has 138 valence electrons. The Morgan fingerprint density at radius 2 is 1.92 bits per heavy atom. The van der Waals surface area contributed by atoms with E-state index in [1.807, 2.05) is 42.2 Å². The number of likely N-dealkylation sites (N-methyl/N-ethyl adjacent to an activating group) is 1. The number of ether oxygens (including phenoxy) is 1. The number of likely N-dealkylation sites (tertiary alicyclic amines) is 1. The molecule has 0 unspecified atom stereocenters. The first kappa shape index (κ1) is 18.5. The van der Waals surface area contributed by atoms with E-state index in [0.717, 1.165) is 36.4 Å². The number of anilines is 1. The summed E-state index contributed by atoms with van der Waals surface area (Å²) in [5.74, 6) is 1.04. The molecule has 0 aromatic heterocycles. The highest BCUT2D eigenvalue weighted by Crippen LogP contribution is 2.33. The van der Waals surface area contributed by atoms with Gasteiger partial charge in [-0.25, -0.2) is 0 Å². The standard InChI is InChI=1S/C22H28N2O2/c1-4-24(20-9-6-5-8-17(20)2)22(25)16-23-15-7-10-21(23)18-11-13-19(26-3)14-12-18/h5-6,8-9,11-14,21H,4,7,10,15-16H2,1-3H3/t21-/m0/s1. The third-order valence-corrected chi connectivity index (χ3v) is 5.23. The molecule has 1 aliphatic heterocycles. The number of hydrogen-bond donors (Lipinski definition) is 0. The summed E-state index contributed by atoms with van der Waals surface area (Å²) in [4.78, 5) is 17.2. The molecule has 2 aromatic rings. The Balaban J connectivity index is 1.73. The average Bonchev–Trinajstić information content (AvgIpc) is 3.12. The minimum atomic E-state index is 0.169. The van der Waals surface area contributed by atoms with E-state index in [0.29, 0.717) is 19.1 Å². The number of amides is 1. The molecule has 1 fully saturated rings. The molecule has 0 bridgehead atoms. The van der Waals surface area contributed by atoms with Gasteiger partial charge in [0, 0.05) is 18.3 Å². The van der Waals surface area contributed by atoms with Crippen LogP contribution in [0.5, 0.6) is 5.75 Å². The topological polar surface area (TPSA) is 32.8 Å². The molecule has 0 N–H and O–H groups in total. The Hall–Kier alpha value is -2.33. The molecule has 4 nitrogen and oxygen atoms in total. The Kier molecular flexibility index (Phi) is 5.94. The van der Waals surface area contributed by atoms with Gasteiger partial charge in [0.1, 0.15) is 5.75 Å². The van der Waals surface area contributed by atoms with Gasteiger partial charge in [-0.2, -0.15) is 0 Å². The van der Waals surface area contributed by atoms with Crippen molar-refractivity contribution >= 4 is 11.6 Å². The number of para-hydroxylation sites is 1. The van der Waals surface area contributed by atoms with Crippen molar-refractivity contribution in [3.63, 3.8) is 0 Å². The SMILES string of the molecule is CCN(C(=O)CN1CCC[C@H]1c1ccc(OC)cc1)c1ccccc1C. The van der Waals surface area contributed by atoms with E-state index in [9.17, 15) is 4.79 Å². The molecule has 4 heteroatoms. The molecular weight excluding hydrogens is 324 g/mol. The second kappa shape index (κ2) is 8.37. The van der Waals surface area contributed by atoms with E-state index in [1.54, 1.807) is 7.11 Å². The number of carbonyl (C=O) groups excluding carboxylic acids is 1. The molecule has 1 aliphatic rings. The smallest absolute Gasteiger partial charge is 0.241 e. The number of methoxy groups -OCH3 is 1. The van der Waals surface area contributed by atoms with E-state index in [2.05, 4.69) is 30.0 Å². The molecule has 1 atom stereocenters. The van der Waals surface area contributed by atoms with Crippen LogP contribution in [0.4, 0.5) is 5.69 Å². The van der Waals surface area contributed by atoms with Crippen LogP contribution >= 0.6 is 0 Å². The fraction of sp³-hybridized carbons (Fsp3) is 0.409. The van der Waals surface area contributed by atoms with E-state index in [1.165, 1.54) is 5.56 Å². The van der Waals surface area contributed by atoms with Gasteiger partial charge < -0.3 is 9.64 Å². The van der Waals surface area contributed by atoms with E-state index >= 15 is 0 Å². The predicted molar refractivity (Wildman–Crippen MR) is 106 cm³/mol. The molecule has 0 radical (unpaired) electrons. The predicted octanol–water partition coefficient (Wildman–Crippen LogP) is 4.19. The zero-order chi connectivity index (χ0) is 18.5. The van der Waals surface area contributed by atoms with Crippen LogP contribution in [-0.2, 0) is 4.79 Å². The van der Waals surface area contributed by atoms with Gasteiger partial charge in [-0.15, -0.1) is 0 Å². The molecule has 1 amide bonds. The minimum absolute atomic E-state index is 0.169. The van der Waals surface area contributed by atoms with Crippen LogP contribution in [0.3, 0.4) is 0 Å². The Morgan fingerprint density at radius 3 is 2.58 bits per heavy atom. The van der Waals surface area contributed by atoms with Crippen LogP contribution in [0.15, 0.2) is 48.5 Å². The maximum atomic E-state index is 13.0. The van der Waals surface area contributed by atoms with Gasteiger partial charge in [0.05, 0.1) is 13.7 Å². The Bertz CT molecular complexity index is 742. The van der Waals surface area contributed by atoms with E-state index in [-0.39, 0.29) is 5.91 Å². The second-order valence-corrected chi connectivity index (χ2v) is 6.83. The van der Waals surface area contributed by atoms with Crippen molar-refractivity contribution < 1.29 is 9.53 Å². The van der Waals surface area contributed by atoms with Crippen molar-refractivity contribution in [3.8, 4) is 5.75 Å². The average molecular weight is 352 g/mol. The summed E-state index contributed by atoms with van der Waals surface area (Å²) in [5, 5.41) is 0. The summed E-state index contributed by atoms with van der Waals surface area (Å²) < 4.78 is 5.26. The number of hydrogen-bond acceptors (Lipinski definition) is 3. The first-order valence-electron chi connectivity index (χ1n) is 9.38. The summed E-state index contributed by atoms with van der Waals surface area (Å²) in [7, 11) is 1.68. The highest BCUT2D eigenvalue weighted by atomic mass is 16.5. The van der Waals surface area contributed by atoms with Crippen molar-refractivity contribution in [2.24, 2.45) is 0 Å². The lowest BCUT2D eigenvalue weighted by Crippen LogP contribution is -2.40. The molecular formula is C22H28N2O2. The van der Waals surface area contributed by atoms with Crippen molar-refractivity contribution in [3.05, 3.63) is 59.7 Å². The van der Waals surface area contributed by atoms with E-state index < -0.39 is 0 Å². The molecule has 2 aromatic carbocycles.